The number of rotatable bonds is 3. The van der Waals surface area contributed by atoms with Gasteiger partial charge in [0, 0.05) is 11.8 Å². The molecule has 0 radical (unpaired) electrons. The summed E-state index contributed by atoms with van der Waals surface area (Å²) in [5, 5.41) is 9.12. The van der Waals surface area contributed by atoms with Crippen LogP contribution in [-0.4, -0.2) is 16.6 Å². The number of aliphatic hydroxyl groups excluding tert-OH is 1. The third-order valence-corrected chi connectivity index (χ3v) is 3.27. The SMILES string of the molecule is C=C(O)C1(F)CCC(C(=O)C(C)C)CC1. The lowest BCUT2D eigenvalue weighted by atomic mass is 9.76. The second kappa shape index (κ2) is 4.33. The molecule has 0 spiro atoms. The highest BCUT2D eigenvalue weighted by Gasteiger charge is 2.40. The van der Waals surface area contributed by atoms with Crippen molar-refractivity contribution in [3.8, 4) is 0 Å². The number of ketones is 1. The molecule has 1 rings (SSSR count). The van der Waals surface area contributed by atoms with Crippen LogP contribution in [0.5, 0.6) is 0 Å². The minimum atomic E-state index is -1.66. The molecule has 0 bridgehead atoms. The maximum Gasteiger partial charge on any atom is 0.166 e. The van der Waals surface area contributed by atoms with Gasteiger partial charge in [0.1, 0.15) is 11.5 Å². The van der Waals surface area contributed by atoms with Crippen molar-refractivity contribution in [2.45, 2.75) is 45.2 Å². The van der Waals surface area contributed by atoms with Crippen LogP contribution in [0.3, 0.4) is 0 Å². The molecule has 1 fully saturated rings. The van der Waals surface area contributed by atoms with E-state index in [0.717, 1.165) is 0 Å². The molecule has 1 saturated carbocycles. The van der Waals surface area contributed by atoms with Gasteiger partial charge in [-0.3, -0.25) is 4.79 Å². The van der Waals surface area contributed by atoms with Crippen molar-refractivity contribution in [1.29, 1.82) is 0 Å². The Balaban J connectivity index is 2.56. The summed E-state index contributed by atoms with van der Waals surface area (Å²) in [5.41, 5.74) is -1.66. The predicted molar refractivity (Wildman–Crippen MR) is 57.4 cm³/mol. The van der Waals surface area contributed by atoms with E-state index in [1.165, 1.54) is 0 Å². The van der Waals surface area contributed by atoms with E-state index in [9.17, 15) is 9.18 Å². The molecule has 0 aromatic carbocycles. The Morgan fingerprint density at radius 2 is 1.93 bits per heavy atom. The number of halogens is 1. The highest BCUT2D eigenvalue weighted by Crippen LogP contribution is 2.39. The molecular weight excluding hydrogens is 195 g/mol. The van der Waals surface area contributed by atoms with Crippen LogP contribution in [0, 0.1) is 11.8 Å². The van der Waals surface area contributed by atoms with Gasteiger partial charge in [0.15, 0.2) is 5.67 Å². The van der Waals surface area contributed by atoms with Gasteiger partial charge in [-0.25, -0.2) is 4.39 Å². The van der Waals surface area contributed by atoms with Crippen molar-refractivity contribution < 1.29 is 14.3 Å². The van der Waals surface area contributed by atoms with Gasteiger partial charge in [-0.1, -0.05) is 20.4 Å². The molecule has 2 nitrogen and oxygen atoms in total. The quantitative estimate of drug-likeness (QED) is 0.732. The molecular formula is C12H19FO2. The summed E-state index contributed by atoms with van der Waals surface area (Å²) < 4.78 is 13.9. The van der Waals surface area contributed by atoms with Crippen LogP contribution in [0.1, 0.15) is 39.5 Å². The summed E-state index contributed by atoms with van der Waals surface area (Å²) in [5.74, 6) is -0.203. The zero-order valence-electron chi connectivity index (χ0n) is 9.42. The molecule has 3 heteroatoms. The number of hydrogen-bond donors (Lipinski definition) is 1. The Bertz CT molecular complexity index is 263. The van der Waals surface area contributed by atoms with Crippen molar-refractivity contribution in [3.05, 3.63) is 12.3 Å². The highest BCUT2D eigenvalue weighted by atomic mass is 19.1. The van der Waals surface area contributed by atoms with Crippen molar-refractivity contribution in [1.82, 2.24) is 0 Å². The standard InChI is InChI=1S/C12H19FO2/c1-8(2)11(15)10-4-6-12(13,7-5-10)9(3)14/h8,10,14H,3-7H2,1-2H3. The zero-order valence-corrected chi connectivity index (χ0v) is 9.42. The molecule has 0 aliphatic heterocycles. The first kappa shape index (κ1) is 12.2. The molecule has 0 amide bonds. The zero-order chi connectivity index (χ0) is 11.6. The van der Waals surface area contributed by atoms with E-state index >= 15 is 0 Å². The number of allylic oxidation sites excluding steroid dienone is 1. The van der Waals surface area contributed by atoms with Gasteiger partial charge in [-0.15, -0.1) is 0 Å². The molecule has 1 aliphatic rings. The van der Waals surface area contributed by atoms with E-state index in [-0.39, 0.29) is 30.5 Å². The van der Waals surface area contributed by atoms with E-state index in [0.29, 0.717) is 12.8 Å². The Hall–Kier alpha value is -0.860. The number of hydrogen-bond acceptors (Lipinski definition) is 2. The number of Topliss-reactive ketones (excluding diaryl/α,β-unsaturated/α-hetero) is 1. The minimum Gasteiger partial charge on any atom is -0.510 e. The fourth-order valence-electron chi connectivity index (χ4n) is 2.12. The van der Waals surface area contributed by atoms with Crippen LogP contribution in [0.25, 0.3) is 0 Å². The molecule has 0 heterocycles. The summed E-state index contributed by atoms with van der Waals surface area (Å²) in [6.07, 6.45) is 1.47. The number of carbonyl (C=O) groups is 1. The van der Waals surface area contributed by atoms with Crippen LogP contribution >= 0.6 is 0 Å². The summed E-state index contributed by atoms with van der Waals surface area (Å²) in [4.78, 5) is 11.7. The molecule has 0 aromatic heterocycles. The summed E-state index contributed by atoms with van der Waals surface area (Å²) >= 11 is 0. The molecule has 0 saturated heterocycles. The molecule has 15 heavy (non-hydrogen) atoms. The normalized spacial score (nSPS) is 31.6. The smallest absolute Gasteiger partial charge is 0.166 e. The molecule has 1 aliphatic carbocycles. The van der Waals surface area contributed by atoms with Gasteiger partial charge >= 0.3 is 0 Å². The van der Waals surface area contributed by atoms with Gasteiger partial charge < -0.3 is 5.11 Å². The summed E-state index contributed by atoms with van der Waals surface area (Å²) in [6, 6.07) is 0. The van der Waals surface area contributed by atoms with Crippen molar-refractivity contribution in [3.63, 3.8) is 0 Å². The van der Waals surface area contributed by atoms with E-state index in [1.807, 2.05) is 13.8 Å². The fraction of sp³-hybridized carbons (Fsp3) is 0.750. The largest absolute Gasteiger partial charge is 0.510 e. The third kappa shape index (κ3) is 2.58. The summed E-state index contributed by atoms with van der Waals surface area (Å²) in [7, 11) is 0. The second-order valence-electron chi connectivity index (χ2n) is 4.74. The first-order chi connectivity index (χ1) is 6.87. The minimum absolute atomic E-state index is 0.0134. The first-order valence-corrected chi connectivity index (χ1v) is 5.48. The van der Waals surface area contributed by atoms with Gasteiger partial charge in [0.25, 0.3) is 0 Å². The number of carbonyl (C=O) groups excluding carboxylic acids is 1. The van der Waals surface area contributed by atoms with Gasteiger partial charge in [0.2, 0.25) is 0 Å². The van der Waals surface area contributed by atoms with E-state index < -0.39 is 11.4 Å². The van der Waals surface area contributed by atoms with Crippen molar-refractivity contribution in [2.24, 2.45) is 11.8 Å². The lowest BCUT2D eigenvalue weighted by molar-refractivity contribution is -0.127. The summed E-state index contributed by atoms with van der Waals surface area (Å²) in [6.45, 7) is 6.98. The molecule has 0 atom stereocenters. The number of alkyl halides is 1. The van der Waals surface area contributed by atoms with Gasteiger partial charge in [-0.2, -0.15) is 0 Å². The van der Waals surface area contributed by atoms with E-state index in [1.54, 1.807) is 0 Å². The topological polar surface area (TPSA) is 37.3 Å². The lowest BCUT2D eigenvalue weighted by Crippen LogP contribution is -2.34. The Labute approximate surface area is 90.2 Å². The maximum atomic E-state index is 13.9. The number of aliphatic hydroxyl groups is 1. The van der Waals surface area contributed by atoms with Crippen molar-refractivity contribution >= 4 is 5.78 Å². The lowest BCUT2D eigenvalue weighted by Gasteiger charge is -2.33. The predicted octanol–water partition coefficient (Wildman–Crippen LogP) is 3.18. The first-order valence-electron chi connectivity index (χ1n) is 5.48. The van der Waals surface area contributed by atoms with Crippen LogP contribution in [0.4, 0.5) is 4.39 Å². The highest BCUT2D eigenvalue weighted by molar-refractivity contribution is 5.82. The van der Waals surface area contributed by atoms with Crippen LogP contribution in [-0.2, 0) is 4.79 Å². The Kier molecular flexibility index (Phi) is 3.53. The van der Waals surface area contributed by atoms with Crippen LogP contribution in [0.15, 0.2) is 12.3 Å². The van der Waals surface area contributed by atoms with E-state index in [4.69, 9.17) is 5.11 Å². The van der Waals surface area contributed by atoms with Crippen molar-refractivity contribution in [2.75, 3.05) is 0 Å². The molecule has 1 N–H and O–H groups in total. The Morgan fingerprint density at radius 1 is 1.47 bits per heavy atom. The average Bonchev–Trinajstić information content (AvgIpc) is 2.17. The fourth-order valence-corrected chi connectivity index (χ4v) is 2.12. The monoisotopic (exact) mass is 214 g/mol. The third-order valence-electron chi connectivity index (χ3n) is 3.27. The second-order valence-corrected chi connectivity index (χ2v) is 4.74. The average molecular weight is 214 g/mol. The molecule has 86 valence electrons. The van der Waals surface area contributed by atoms with Gasteiger partial charge in [-0.05, 0) is 25.7 Å². The van der Waals surface area contributed by atoms with Gasteiger partial charge in [0.05, 0.1) is 0 Å². The maximum absolute atomic E-state index is 13.9. The van der Waals surface area contributed by atoms with E-state index in [2.05, 4.69) is 6.58 Å². The van der Waals surface area contributed by atoms with Crippen LogP contribution < -0.4 is 0 Å². The van der Waals surface area contributed by atoms with Crippen LogP contribution in [0.2, 0.25) is 0 Å². The Morgan fingerprint density at radius 3 is 2.27 bits per heavy atom. The molecule has 0 aromatic rings. The molecule has 0 unspecified atom stereocenters.